The number of nitrogens with zero attached hydrogens (tertiary/aromatic N) is 3. The minimum Gasteiger partial charge on any atom is -0.342 e. The number of benzene rings is 1. The predicted molar refractivity (Wildman–Crippen MR) is 85.5 cm³/mol. The van der Waals surface area contributed by atoms with Crippen molar-refractivity contribution in [2.75, 3.05) is 13.1 Å². The van der Waals surface area contributed by atoms with Gasteiger partial charge in [0.1, 0.15) is 6.33 Å². The van der Waals surface area contributed by atoms with Crippen LogP contribution in [0, 0.1) is 6.92 Å². The summed E-state index contributed by atoms with van der Waals surface area (Å²) in [6.07, 6.45) is 4.70. The maximum atomic E-state index is 12.5. The van der Waals surface area contributed by atoms with Crippen LogP contribution in [-0.2, 0) is 24.1 Å². The molecule has 1 aromatic heterocycles. The van der Waals surface area contributed by atoms with E-state index in [-0.39, 0.29) is 5.91 Å². The van der Waals surface area contributed by atoms with Crippen LogP contribution in [0.1, 0.15) is 28.9 Å². The monoisotopic (exact) mass is 295 g/mol. The molecule has 0 fully saturated rings. The molecule has 3 rings (SSSR count). The smallest absolute Gasteiger partial charge is 0.222 e. The Balaban J connectivity index is 1.60. The van der Waals surface area contributed by atoms with E-state index >= 15 is 0 Å². The summed E-state index contributed by atoms with van der Waals surface area (Å²) in [6.45, 7) is 3.55. The lowest BCUT2D eigenvalue weighted by Gasteiger charge is -2.20. The summed E-state index contributed by atoms with van der Waals surface area (Å²) in [7, 11) is 0. The molecule has 0 N–H and O–H groups in total. The molecular weight excluding hydrogens is 274 g/mol. The lowest BCUT2D eigenvalue weighted by molar-refractivity contribution is -0.131. The summed E-state index contributed by atoms with van der Waals surface area (Å²) in [5.74, 6) is 0.238. The predicted octanol–water partition coefficient (Wildman–Crippen LogP) is 2.35. The van der Waals surface area contributed by atoms with Gasteiger partial charge in [-0.15, -0.1) is 0 Å². The first-order valence-corrected chi connectivity index (χ1v) is 7.85. The first kappa shape index (κ1) is 14.7. The topological polar surface area (TPSA) is 46.1 Å². The van der Waals surface area contributed by atoms with Crippen molar-refractivity contribution in [3.8, 4) is 0 Å². The van der Waals surface area contributed by atoms with E-state index in [0.717, 1.165) is 43.7 Å². The fraction of sp³-hybridized carbons (Fsp3) is 0.389. The molecule has 1 amide bonds. The Labute approximate surface area is 131 Å². The number of amides is 1. The fourth-order valence-electron chi connectivity index (χ4n) is 2.99. The molecule has 1 aliphatic rings. The molecule has 0 bridgehead atoms. The van der Waals surface area contributed by atoms with Crippen molar-refractivity contribution in [3.05, 3.63) is 59.2 Å². The molecule has 1 aliphatic heterocycles. The van der Waals surface area contributed by atoms with Crippen LogP contribution in [-0.4, -0.2) is 33.9 Å². The molecule has 4 nitrogen and oxygen atoms in total. The molecule has 114 valence electrons. The zero-order chi connectivity index (χ0) is 15.4. The standard InChI is InChI=1S/C18H21N3O/c1-14-16-9-11-21(12-10-17(16)20-13-19-14)18(22)8-7-15-5-3-2-4-6-15/h2-6,13H,7-12H2,1H3. The third-order valence-corrected chi connectivity index (χ3v) is 4.32. The van der Waals surface area contributed by atoms with Gasteiger partial charge in [0.2, 0.25) is 5.91 Å². The van der Waals surface area contributed by atoms with Crippen molar-refractivity contribution in [1.82, 2.24) is 14.9 Å². The van der Waals surface area contributed by atoms with Crippen molar-refractivity contribution < 1.29 is 4.79 Å². The van der Waals surface area contributed by atoms with E-state index in [1.165, 1.54) is 11.1 Å². The molecule has 22 heavy (non-hydrogen) atoms. The lowest BCUT2D eigenvalue weighted by atomic mass is 10.1. The van der Waals surface area contributed by atoms with E-state index in [2.05, 4.69) is 22.1 Å². The Bertz CT molecular complexity index is 655. The van der Waals surface area contributed by atoms with Crippen molar-refractivity contribution in [3.63, 3.8) is 0 Å². The Morgan fingerprint density at radius 2 is 1.91 bits per heavy atom. The van der Waals surface area contributed by atoms with Crippen molar-refractivity contribution >= 4 is 5.91 Å². The number of carbonyl (C=O) groups is 1. The van der Waals surface area contributed by atoms with Gasteiger partial charge in [-0.3, -0.25) is 4.79 Å². The summed E-state index contributed by atoms with van der Waals surface area (Å²) in [6, 6.07) is 10.2. The van der Waals surface area contributed by atoms with Crippen LogP contribution in [0.4, 0.5) is 0 Å². The van der Waals surface area contributed by atoms with E-state index in [0.29, 0.717) is 6.42 Å². The second-order valence-electron chi connectivity index (χ2n) is 5.75. The summed E-state index contributed by atoms with van der Waals surface area (Å²) < 4.78 is 0. The Kier molecular flexibility index (Phi) is 4.47. The minimum absolute atomic E-state index is 0.238. The number of hydrogen-bond donors (Lipinski definition) is 0. The Morgan fingerprint density at radius 3 is 2.73 bits per heavy atom. The van der Waals surface area contributed by atoms with Crippen LogP contribution in [0.3, 0.4) is 0 Å². The SMILES string of the molecule is Cc1ncnc2c1CCN(C(=O)CCc1ccccc1)CC2. The number of fused-ring (bicyclic) bond motifs is 1. The van der Waals surface area contributed by atoms with E-state index < -0.39 is 0 Å². The number of rotatable bonds is 3. The zero-order valence-electron chi connectivity index (χ0n) is 13.0. The van der Waals surface area contributed by atoms with E-state index in [1.54, 1.807) is 6.33 Å². The van der Waals surface area contributed by atoms with Gasteiger partial charge in [-0.25, -0.2) is 9.97 Å². The van der Waals surface area contributed by atoms with Crippen LogP contribution in [0.25, 0.3) is 0 Å². The molecule has 0 saturated heterocycles. The molecule has 2 heterocycles. The number of carbonyl (C=O) groups excluding carboxylic acids is 1. The molecule has 1 aromatic carbocycles. The molecule has 2 aromatic rings. The number of hydrogen-bond acceptors (Lipinski definition) is 3. The summed E-state index contributed by atoms with van der Waals surface area (Å²) in [5, 5.41) is 0. The van der Waals surface area contributed by atoms with Gasteiger partial charge in [0, 0.05) is 37.3 Å². The highest BCUT2D eigenvalue weighted by atomic mass is 16.2. The van der Waals surface area contributed by atoms with Gasteiger partial charge in [-0.1, -0.05) is 30.3 Å². The molecule has 0 unspecified atom stereocenters. The average molecular weight is 295 g/mol. The van der Waals surface area contributed by atoms with Crippen LogP contribution >= 0.6 is 0 Å². The van der Waals surface area contributed by atoms with Gasteiger partial charge in [0.15, 0.2) is 0 Å². The van der Waals surface area contributed by atoms with Crippen molar-refractivity contribution in [1.29, 1.82) is 0 Å². The van der Waals surface area contributed by atoms with Gasteiger partial charge >= 0.3 is 0 Å². The normalized spacial score (nSPS) is 14.3. The molecule has 0 radical (unpaired) electrons. The third kappa shape index (κ3) is 3.32. The second kappa shape index (κ2) is 6.69. The molecule has 4 heteroatoms. The van der Waals surface area contributed by atoms with Gasteiger partial charge in [0.05, 0.1) is 0 Å². The van der Waals surface area contributed by atoms with Crippen LogP contribution in [0.5, 0.6) is 0 Å². The number of aryl methyl sites for hydroxylation is 2. The van der Waals surface area contributed by atoms with E-state index in [1.807, 2.05) is 30.0 Å². The maximum absolute atomic E-state index is 12.5. The van der Waals surface area contributed by atoms with Gasteiger partial charge in [0.25, 0.3) is 0 Å². The molecular formula is C18H21N3O. The van der Waals surface area contributed by atoms with Crippen LogP contribution in [0.2, 0.25) is 0 Å². The molecule has 0 saturated carbocycles. The molecule has 0 aliphatic carbocycles. The summed E-state index contributed by atoms with van der Waals surface area (Å²) in [5.41, 5.74) is 4.59. The highest BCUT2D eigenvalue weighted by molar-refractivity contribution is 5.76. The maximum Gasteiger partial charge on any atom is 0.222 e. The fourth-order valence-corrected chi connectivity index (χ4v) is 2.99. The van der Waals surface area contributed by atoms with Gasteiger partial charge in [-0.2, -0.15) is 0 Å². The molecule has 0 atom stereocenters. The third-order valence-electron chi connectivity index (χ3n) is 4.32. The van der Waals surface area contributed by atoms with Gasteiger partial charge < -0.3 is 4.90 Å². The summed E-state index contributed by atoms with van der Waals surface area (Å²) in [4.78, 5) is 23.1. The largest absolute Gasteiger partial charge is 0.342 e. The van der Waals surface area contributed by atoms with E-state index in [4.69, 9.17) is 0 Å². The minimum atomic E-state index is 0.238. The first-order valence-electron chi connectivity index (χ1n) is 7.85. The highest BCUT2D eigenvalue weighted by Crippen LogP contribution is 2.16. The second-order valence-corrected chi connectivity index (χ2v) is 5.75. The van der Waals surface area contributed by atoms with Crippen molar-refractivity contribution in [2.24, 2.45) is 0 Å². The Morgan fingerprint density at radius 1 is 1.14 bits per heavy atom. The average Bonchev–Trinajstić information content (AvgIpc) is 2.77. The zero-order valence-corrected chi connectivity index (χ0v) is 13.0. The van der Waals surface area contributed by atoms with Crippen LogP contribution in [0.15, 0.2) is 36.7 Å². The van der Waals surface area contributed by atoms with Gasteiger partial charge in [-0.05, 0) is 30.9 Å². The van der Waals surface area contributed by atoms with Crippen LogP contribution < -0.4 is 0 Å². The van der Waals surface area contributed by atoms with E-state index in [9.17, 15) is 4.79 Å². The first-order chi connectivity index (χ1) is 10.7. The quantitative estimate of drug-likeness (QED) is 0.873. The Hall–Kier alpha value is -2.23. The number of aromatic nitrogens is 2. The molecule has 0 spiro atoms. The lowest BCUT2D eigenvalue weighted by Crippen LogP contribution is -2.33. The summed E-state index contributed by atoms with van der Waals surface area (Å²) >= 11 is 0. The highest BCUT2D eigenvalue weighted by Gasteiger charge is 2.20. The van der Waals surface area contributed by atoms with Crippen molar-refractivity contribution in [2.45, 2.75) is 32.6 Å².